The van der Waals surface area contributed by atoms with Gasteiger partial charge >= 0.3 is 0 Å². The third-order valence-corrected chi connectivity index (χ3v) is 8.41. The van der Waals surface area contributed by atoms with Crippen molar-refractivity contribution in [3.8, 4) is 5.75 Å². The molecule has 0 heterocycles. The second-order valence-electron chi connectivity index (χ2n) is 9.94. The summed E-state index contributed by atoms with van der Waals surface area (Å²) in [7, 11) is -2.58. The molecule has 3 rings (SSSR count). The van der Waals surface area contributed by atoms with E-state index in [0.717, 1.165) is 9.87 Å². The second kappa shape index (κ2) is 13.7. The number of amides is 2. The molecular formula is C30H36ClN3O5S. The maximum absolute atomic E-state index is 14.0. The van der Waals surface area contributed by atoms with E-state index in [4.69, 9.17) is 16.3 Å². The zero-order chi connectivity index (χ0) is 29.4. The third-order valence-electron chi connectivity index (χ3n) is 6.40. The van der Waals surface area contributed by atoms with Crippen LogP contribution in [0, 0.1) is 12.8 Å². The van der Waals surface area contributed by atoms with Gasteiger partial charge in [0.1, 0.15) is 18.3 Å². The molecule has 0 bridgehead atoms. The lowest BCUT2D eigenvalue weighted by Crippen LogP contribution is -2.51. The fraction of sp³-hybridized carbons (Fsp3) is 0.333. The highest BCUT2D eigenvalue weighted by Gasteiger charge is 2.33. The van der Waals surface area contributed by atoms with Crippen LogP contribution in [0.3, 0.4) is 0 Å². The topological polar surface area (TPSA) is 96.0 Å². The molecule has 0 saturated heterocycles. The number of sulfonamides is 1. The number of nitrogens with zero attached hydrogens (tertiary/aromatic N) is 2. The normalized spacial score (nSPS) is 12.1. The van der Waals surface area contributed by atoms with E-state index in [1.165, 1.54) is 17.0 Å². The first-order valence-corrected chi connectivity index (χ1v) is 14.8. The van der Waals surface area contributed by atoms with Crippen LogP contribution >= 0.6 is 11.6 Å². The van der Waals surface area contributed by atoms with Crippen LogP contribution in [0.4, 0.5) is 5.69 Å². The summed E-state index contributed by atoms with van der Waals surface area (Å²) in [5.74, 6) is 0.0246. The van der Waals surface area contributed by atoms with E-state index < -0.39 is 28.5 Å². The first kappa shape index (κ1) is 31.0. The van der Waals surface area contributed by atoms with E-state index >= 15 is 0 Å². The summed E-state index contributed by atoms with van der Waals surface area (Å²) >= 11 is 6.15. The highest BCUT2D eigenvalue weighted by molar-refractivity contribution is 7.92. The number of nitrogens with one attached hydrogen (secondary N) is 1. The van der Waals surface area contributed by atoms with E-state index in [2.05, 4.69) is 5.32 Å². The summed E-state index contributed by atoms with van der Waals surface area (Å²) < 4.78 is 34.0. The third kappa shape index (κ3) is 7.76. The molecule has 1 unspecified atom stereocenters. The van der Waals surface area contributed by atoms with Gasteiger partial charge in [-0.05, 0) is 73.4 Å². The highest BCUT2D eigenvalue weighted by Crippen LogP contribution is 2.29. The van der Waals surface area contributed by atoms with Crippen molar-refractivity contribution >= 4 is 39.1 Å². The van der Waals surface area contributed by atoms with Gasteiger partial charge in [0, 0.05) is 18.1 Å². The zero-order valence-electron chi connectivity index (χ0n) is 23.4. The summed E-state index contributed by atoms with van der Waals surface area (Å²) in [6, 6.07) is 19.0. The van der Waals surface area contributed by atoms with Crippen LogP contribution in [0.5, 0.6) is 5.75 Å². The van der Waals surface area contributed by atoms with Gasteiger partial charge in [-0.2, -0.15) is 0 Å². The molecule has 0 aromatic heterocycles. The molecule has 3 aromatic rings. The lowest BCUT2D eigenvalue weighted by Gasteiger charge is -2.32. The van der Waals surface area contributed by atoms with Gasteiger partial charge in [0.2, 0.25) is 11.8 Å². The molecule has 0 aliphatic heterocycles. The fourth-order valence-electron chi connectivity index (χ4n) is 4.09. The molecule has 214 valence electrons. The van der Waals surface area contributed by atoms with Crippen LogP contribution in [0.1, 0.15) is 31.9 Å². The van der Waals surface area contributed by atoms with E-state index in [-0.39, 0.29) is 23.3 Å². The second-order valence-corrected chi connectivity index (χ2v) is 12.2. The lowest BCUT2D eigenvalue weighted by atomic mass is 10.1. The standard InChI is InChI=1S/C30H36ClN3O5S/c1-21(2)18-32-30(36)23(4)33(19-24-11-14-26(39-5)15-12-24)29(35)20-34(28-16-13-25(31)17-22(28)3)40(37,38)27-9-7-6-8-10-27/h6-17,21,23H,18-20H2,1-5H3,(H,32,36). The number of aryl methyl sites for hydroxylation is 1. The Balaban J connectivity index is 2.02. The number of carbonyl (C=O) groups is 2. The molecule has 40 heavy (non-hydrogen) atoms. The van der Waals surface area contributed by atoms with Crippen molar-refractivity contribution < 1.29 is 22.7 Å². The molecule has 0 aliphatic carbocycles. The average Bonchev–Trinajstić information content (AvgIpc) is 2.94. The molecule has 0 aliphatic rings. The Hall–Kier alpha value is -3.56. The van der Waals surface area contributed by atoms with Crippen LogP contribution in [0.2, 0.25) is 5.02 Å². The molecule has 3 aromatic carbocycles. The predicted molar refractivity (Wildman–Crippen MR) is 158 cm³/mol. The minimum atomic E-state index is -4.14. The van der Waals surface area contributed by atoms with Crippen LogP contribution < -0.4 is 14.4 Å². The lowest BCUT2D eigenvalue weighted by molar-refractivity contribution is -0.139. The molecule has 8 nitrogen and oxygen atoms in total. The van der Waals surface area contributed by atoms with Crippen molar-refractivity contribution in [2.45, 2.75) is 45.2 Å². The van der Waals surface area contributed by atoms with Crippen LogP contribution in [-0.4, -0.2) is 51.4 Å². The molecule has 1 N–H and O–H groups in total. The number of carbonyl (C=O) groups excluding carboxylic acids is 2. The minimum absolute atomic E-state index is 0.0431. The molecular weight excluding hydrogens is 550 g/mol. The fourth-order valence-corrected chi connectivity index (χ4v) is 5.82. The number of ether oxygens (including phenoxy) is 1. The van der Waals surface area contributed by atoms with Crippen molar-refractivity contribution in [3.05, 3.63) is 88.9 Å². The molecule has 1 atom stereocenters. The molecule has 0 radical (unpaired) electrons. The Morgan fingerprint density at radius 1 is 0.975 bits per heavy atom. The molecule has 2 amide bonds. The van der Waals surface area contributed by atoms with E-state index in [9.17, 15) is 18.0 Å². The summed E-state index contributed by atoms with van der Waals surface area (Å²) in [5.41, 5.74) is 1.67. The average molecular weight is 586 g/mol. The smallest absolute Gasteiger partial charge is 0.264 e. The first-order valence-electron chi connectivity index (χ1n) is 13.0. The summed E-state index contributed by atoms with van der Waals surface area (Å²) in [5, 5.41) is 3.32. The van der Waals surface area contributed by atoms with Crippen molar-refractivity contribution in [3.63, 3.8) is 0 Å². The number of anilines is 1. The summed E-state index contributed by atoms with van der Waals surface area (Å²) in [4.78, 5) is 28.5. The van der Waals surface area contributed by atoms with Gasteiger partial charge in [-0.15, -0.1) is 0 Å². The van der Waals surface area contributed by atoms with Gasteiger partial charge in [-0.25, -0.2) is 8.42 Å². The SMILES string of the molecule is COc1ccc(CN(C(=O)CN(c2ccc(Cl)cc2C)S(=O)(=O)c2ccccc2)C(C)C(=O)NCC(C)C)cc1. The molecule has 0 spiro atoms. The molecule has 0 fully saturated rings. The van der Waals surface area contributed by atoms with Crippen LogP contribution in [-0.2, 0) is 26.2 Å². The summed E-state index contributed by atoms with van der Waals surface area (Å²) in [6.07, 6.45) is 0. The van der Waals surface area contributed by atoms with Gasteiger partial charge in [0.15, 0.2) is 0 Å². The van der Waals surface area contributed by atoms with Gasteiger partial charge in [-0.1, -0.05) is 55.8 Å². The van der Waals surface area contributed by atoms with Gasteiger partial charge in [0.25, 0.3) is 10.0 Å². The Morgan fingerprint density at radius 3 is 2.20 bits per heavy atom. The van der Waals surface area contributed by atoms with Crippen molar-refractivity contribution in [1.82, 2.24) is 10.2 Å². The van der Waals surface area contributed by atoms with Crippen molar-refractivity contribution in [1.29, 1.82) is 0 Å². The highest BCUT2D eigenvalue weighted by atomic mass is 35.5. The van der Waals surface area contributed by atoms with E-state index in [0.29, 0.717) is 28.6 Å². The summed E-state index contributed by atoms with van der Waals surface area (Å²) in [6.45, 7) is 7.36. The van der Waals surface area contributed by atoms with Crippen molar-refractivity contribution in [2.24, 2.45) is 5.92 Å². The largest absolute Gasteiger partial charge is 0.497 e. The number of hydrogen-bond donors (Lipinski definition) is 1. The molecule has 10 heteroatoms. The maximum atomic E-state index is 14.0. The predicted octanol–water partition coefficient (Wildman–Crippen LogP) is 5.04. The first-order chi connectivity index (χ1) is 18.9. The van der Waals surface area contributed by atoms with Crippen molar-refractivity contribution in [2.75, 3.05) is 24.5 Å². The number of halogens is 1. The number of methoxy groups -OCH3 is 1. The van der Waals surface area contributed by atoms with Gasteiger partial charge in [-0.3, -0.25) is 13.9 Å². The van der Waals surface area contributed by atoms with Crippen LogP contribution in [0.15, 0.2) is 77.7 Å². The Morgan fingerprint density at radius 2 is 1.62 bits per heavy atom. The Kier molecular flexibility index (Phi) is 10.6. The van der Waals surface area contributed by atoms with Gasteiger partial charge < -0.3 is 15.0 Å². The van der Waals surface area contributed by atoms with E-state index in [1.54, 1.807) is 81.6 Å². The number of rotatable bonds is 12. The molecule has 0 saturated carbocycles. The maximum Gasteiger partial charge on any atom is 0.264 e. The van der Waals surface area contributed by atoms with Gasteiger partial charge in [0.05, 0.1) is 17.7 Å². The Bertz CT molecular complexity index is 1410. The minimum Gasteiger partial charge on any atom is -0.497 e. The number of hydrogen-bond acceptors (Lipinski definition) is 5. The quantitative estimate of drug-likeness (QED) is 0.321. The monoisotopic (exact) mass is 585 g/mol. The van der Waals surface area contributed by atoms with E-state index in [1.807, 2.05) is 13.8 Å². The Labute approximate surface area is 241 Å². The number of benzene rings is 3. The van der Waals surface area contributed by atoms with Crippen LogP contribution in [0.25, 0.3) is 0 Å². The zero-order valence-corrected chi connectivity index (χ0v) is 25.0.